The zero-order valence-corrected chi connectivity index (χ0v) is 12.4. The van der Waals surface area contributed by atoms with Crippen LogP contribution in [0.5, 0.6) is 0 Å². The van der Waals surface area contributed by atoms with Gasteiger partial charge in [0.2, 0.25) is 0 Å². The summed E-state index contributed by atoms with van der Waals surface area (Å²) in [6.45, 7) is 11.0. The van der Waals surface area contributed by atoms with Crippen LogP contribution in [0.2, 0.25) is 0 Å². The fraction of sp³-hybridized carbons (Fsp3) is 0.625. The van der Waals surface area contributed by atoms with Crippen molar-refractivity contribution >= 4 is 0 Å². The van der Waals surface area contributed by atoms with Crippen LogP contribution in [0.3, 0.4) is 0 Å². The van der Waals surface area contributed by atoms with E-state index in [-0.39, 0.29) is 6.04 Å². The largest absolute Gasteiger partial charge is 0.389 e. The maximum Gasteiger partial charge on any atom is 0.0743 e. The molecule has 0 radical (unpaired) electrons. The van der Waals surface area contributed by atoms with Crippen LogP contribution in [0.4, 0.5) is 0 Å². The third-order valence-corrected chi connectivity index (χ3v) is 3.32. The number of aliphatic hydroxyl groups is 1. The van der Waals surface area contributed by atoms with Crippen molar-refractivity contribution in [3.05, 3.63) is 34.9 Å². The molecule has 1 rings (SSSR count). The molecule has 2 N–H and O–H groups in total. The Hall–Kier alpha value is -0.860. The van der Waals surface area contributed by atoms with E-state index in [1.165, 1.54) is 16.7 Å². The van der Waals surface area contributed by atoms with E-state index in [2.05, 4.69) is 51.2 Å². The molecule has 1 aromatic rings. The Balaban J connectivity index is 2.62. The molecule has 0 amide bonds. The minimum absolute atomic E-state index is 0.270. The van der Waals surface area contributed by atoms with Crippen LogP contribution in [-0.2, 0) is 0 Å². The fourth-order valence-electron chi connectivity index (χ4n) is 2.38. The van der Waals surface area contributed by atoms with Gasteiger partial charge in [-0.2, -0.15) is 0 Å². The van der Waals surface area contributed by atoms with E-state index in [0.717, 1.165) is 12.8 Å². The lowest BCUT2D eigenvalue weighted by Crippen LogP contribution is -2.38. The van der Waals surface area contributed by atoms with Gasteiger partial charge in [-0.3, -0.25) is 0 Å². The molecule has 0 saturated carbocycles. The van der Waals surface area contributed by atoms with Crippen molar-refractivity contribution in [3.8, 4) is 0 Å². The molecule has 0 aromatic heterocycles. The van der Waals surface area contributed by atoms with Gasteiger partial charge in [0.15, 0.2) is 0 Å². The summed E-state index contributed by atoms with van der Waals surface area (Å²) < 4.78 is 0. The molecule has 0 aliphatic heterocycles. The Morgan fingerprint density at radius 1 is 1.22 bits per heavy atom. The number of aryl methyl sites for hydroxylation is 2. The van der Waals surface area contributed by atoms with E-state index in [4.69, 9.17) is 0 Å². The summed E-state index contributed by atoms with van der Waals surface area (Å²) in [7, 11) is 0. The first kappa shape index (κ1) is 15.2. The van der Waals surface area contributed by atoms with Crippen molar-refractivity contribution in [3.63, 3.8) is 0 Å². The zero-order chi connectivity index (χ0) is 13.8. The van der Waals surface area contributed by atoms with Crippen LogP contribution in [0.25, 0.3) is 0 Å². The summed E-state index contributed by atoms with van der Waals surface area (Å²) in [6.07, 6.45) is 1.84. The molecule has 0 aliphatic rings. The van der Waals surface area contributed by atoms with Crippen LogP contribution in [0, 0.1) is 13.8 Å². The highest BCUT2D eigenvalue weighted by atomic mass is 16.3. The molecule has 0 bridgehead atoms. The molecule has 2 heteroatoms. The summed E-state index contributed by atoms with van der Waals surface area (Å²) >= 11 is 0. The van der Waals surface area contributed by atoms with Crippen LogP contribution >= 0.6 is 0 Å². The number of hydrogen-bond donors (Lipinski definition) is 2. The minimum atomic E-state index is -0.609. The quantitative estimate of drug-likeness (QED) is 0.808. The minimum Gasteiger partial charge on any atom is -0.389 e. The molecule has 0 heterocycles. The molecule has 0 fully saturated rings. The molecule has 2 atom stereocenters. The smallest absolute Gasteiger partial charge is 0.0743 e. The summed E-state index contributed by atoms with van der Waals surface area (Å²) in [4.78, 5) is 0. The predicted molar refractivity (Wildman–Crippen MR) is 77.9 cm³/mol. The second-order valence-corrected chi connectivity index (χ2v) is 5.77. The lowest BCUT2D eigenvalue weighted by atomic mass is 9.98. The molecule has 2 unspecified atom stereocenters. The monoisotopic (exact) mass is 249 g/mol. The Kier molecular flexibility index (Phi) is 5.36. The average Bonchev–Trinajstić information content (AvgIpc) is 2.24. The average molecular weight is 249 g/mol. The molecule has 0 aliphatic carbocycles. The summed E-state index contributed by atoms with van der Waals surface area (Å²) in [5, 5.41) is 13.6. The van der Waals surface area contributed by atoms with Gasteiger partial charge in [0.05, 0.1) is 5.60 Å². The van der Waals surface area contributed by atoms with Gasteiger partial charge in [0.1, 0.15) is 0 Å². The molecule has 102 valence electrons. The summed E-state index contributed by atoms with van der Waals surface area (Å²) in [6, 6.07) is 6.87. The third kappa shape index (κ3) is 4.79. The Bertz CT molecular complexity index is 364. The van der Waals surface area contributed by atoms with Gasteiger partial charge in [0, 0.05) is 12.6 Å². The van der Waals surface area contributed by atoms with Gasteiger partial charge in [-0.1, -0.05) is 42.7 Å². The van der Waals surface area contributed by atoms with Crippen molar-refractivity contribution in [2.24, 2.45) is 0 Å². The van der Waals surface area contributed by atoms with Crippen LogP contribution in [0.15, 0.2) is 18.2 Å². The third-order valence-electron chi connectivity index (χ3n) is 3.32. The van der Waals surface area contributed by atoms with Crippen LogP contribution < -0.4 is 5.32 Å². The molecular weight excluding hydrogens is 222 g/mol. The molecule has 1 aromatic carbocycles. The van der Waals surface area contributed by atoms with Gasteiger partial charge >= 0.3 is 0 Å². The number of benzene rings is 1. The van der Waals surface area contributed by atoms with Crippen molar-refractivity contribution in [1.82, 2.24) is 5.32 Å². The molecule has 0 spiro atoms. The van der Waals surface area contributed by atoms with Gasteiger partial charge in [-0.25, -0.2) is 0 Å². The summed E-state index contributed by atoms with van der Waals surface area (Å²) in [5.74, 6) is 0. The maximum absolute atomic E-state index is 10.2. The van der Waals surface area contributed by atoms with Gasteiger partial charge in [-0.05, 0) is 39.7 Å². The summed E-state index contributed by atoms with van der Waals surface area (Å²) in [5.41, 5.74) is 3.26. The first-order chi connectivity index (χ1) is 8.34. The zero-order valence-electron chi connectivity index (χ0n) is 12.4. The highest BCUT2D eigenvalue weighted by Crippen LogP contribution is 2.18. The van der Waals surface area contributed by atoms with E-state index in [0.29, 0.717) is 6.54 Å². The number of rotatable bonds is 6. The SMILES string of the molecule is CCCC(C)(O)CNC(C)c1cc(C)cc(C)c1. The lowest BCUT2D eigenvalue weighted by molar-refractivity contribution is 0.0477. The van der Waals surface area contributed by atoms with Crippen molar-refractivity contribution in [1.29, 1.82) is 0 Å². The van der Waals surface area contributed by atoms with E-state index in [1.807, 2.05) is 6.92 Å². The molecular formula is C16H27NO. The standard InChI is InChI=1S/C16H27NO/c1-6-7-16(5,18)11-17-14(4)15-9-12(2)8-13(3)10-15/h8-10,14,17-18H,6-7,11H2,1-5H3. The number of hydrogen-bond acceptors (Lipinski definition) is 2. The second kappa shape index (κ2) is 6.35. The van der Waals surface area contributed by atoms with Gasteiger partial charge in [0.25, 0.3) is 0 Å². The Morgan fingerprint density at radius 3 is 2.28 bits per heavy atom. The Morgan fingerprint density at radius 2 is 1.78 bits per heavy atom. The first-order valence-electron chi connectivity index (χ1n) is 6.88. The number of nitrogens with one attached hydrogen (secondary N) is 1. The molecule has 2 nitrogen and oxygen atoms in total. The Labute approximate surface area is 111 Å². The molecule has 0 saturated heterocycles. The molecule has 18 heavy (non-hydrogen) atoms. The van der Waals surface area contributed by atoms with E-state index in [1.54, 1.807) is 0 Å². The van der Waals surface area contributed by atoms with E-state index in [9.17, 15) is 5.11 Å². The second-order valence-electron chi connectivity index (χ2n) is 5.77. The normalized spacial score (nSPS) is 16.3. The lowest BCUT2D eigenvalue weighted by Gasteiger charge is -2.26. The van der Waals surface area contributed by atoms with Crippen molar-refractivity contribution in [2.75, 3.05) is 6.54 Å². The van der Waals surface area contributed by atoms with E-state index >= 15 is 0 Å². The van der Waals surface area contributed by atoms with Crippen LogP contribution in [0.1, 0.15) is 56.3 Å². The van der Waals surface area contributed by atoms with Gasteiger partial charge in [-0.15, -0.1) is 0 Å². The van der Waals surface area contributed by atoms with Crippen molar-refractivity contribution < 1.29 is 5.11 Å². The first-order valence-corrected chi connectivity index (χ1v) is 6.88. The van der Waals surface area contributed by atoms with Crippen LogP contribution in [-0.4, -0.2) is 17.3 Å². The van der Waals surface area contributed by atoms with Gasteiger partial charge < -0.3 is 10.4 Å². The van der Waals surface area contributed by atoms with Crippen molar-refractivity contribution in [2.45, 2.75) is 59.1 Å². The highest BCUT2D eigenvalue weighted by molar-refractivity contribution is 5.30. The van der Waals surface area contributed by atoms with E-state index < -0.39 is 5.60 Å². The highest BCUT2D eigenvalue weighted by Gasteiger charge is 2.19. The fourth-order valence-corrected chi connectivity index (χ4v) is 2.38. The predicted octanol–water partition coefficient (Wildman–Crippen LogP) is 3.51. The maximum atomic E-state index is 10.2. The topological polar surface area (TPSA) is 32.3 Å².